The fraction of sp³-hybridized carbons (Fsp3) is 0.714. The molecule has 1 aliphatic rings. The van der Waals surface area contributed by atoms with Gasteiger partial charge in [-0.1, -0.05) is 6.92 Å². The smallest absolute Gasteiger partial charge is 0.271 e. The van der Waals surface area contributed by atoms with Crippen molar-refractivity contribution in [1.29, 1.82) is 0 Å². The third-order valence-corrected chi connectivity index (χ3v) is 3.98. The number of aryl methyl sites for hydroxylation is 1. The van der Waals surface area contributed by atoms with Crippen LogP contribution in [-0.4, -0.2) is 49.5 Å². The van der Waals surface area contributed by atoms with Gasteiger partial charge in [0.15, 0.2) is 0 Å². The molecule has 1 aromatic rings. The van der Waals surface area contributed by atoms with E-state index < -0.39 is 0 Å². The largest absolute Gasteiger partial charge is 0.384 e. The summed E-state index contributed by atoms with van der Waals surface area (Å²) in [5.41, 5.74) is 1.48. The van der Waals surface area contributed by atoms with Crippen molar-refractivity contribution in [2.24, 2.45) is 5.41 Å². The third kappa shape index (κ3) is 3.58. The third-order valence-electron chi connectivity index (χ3n) is 3.98. The van der Waals surface area contributed by atoms with E-state index in [1.54, 1.807) is 13.2 Å². The van der Waals surface area contributed by atoms with Crippen molar-refractivity contribution >= 4 is 5.91 Å². The molecular weight excluding hydrogens is 256 g/mol. The topological polar surface area (TPSA) is 79.0 Å². The number of nitrogens with one attached hydrogen (secondary N) is 3. The molecule has 1 amide bonds. The predicted octanol–water partition coefficient (Wildman–Crippen LogP) is 0.718. The minimum atomic E-state index is -0.116. The summed E-state index contributed by atoms with van der Waals surface area (Å²) in [7, 11) is 1.72. The van der Waals surface area contributed by atoms with E-state index >= 15 is 0 Å². The Morgan fingerprint density at radius 1 is 1.50 bits per heavy atom. The first-order valence-corrected chi connectivity index (χ1v) is 7.21. The molecule has 0 radical (unpaired) electrons. The maximum Gasteiger partial charge on any atom is 0.271 e. The number of methoxy groups -OCH3 is 1. The lowest BCUT2D eigenvalue weighted by atomic mass is 9.79. The Hall–Kier alpha value is -1.40. The molecule has 0 aromatic carbocycles. The maximum atomic E-state index is 12.1. The van der Waals surface area contributed by atoms with Gasteiger partial charge in [-0.15, -0.1) is 0 Å². The second-order valence-electron chi connectivity index (χ2n) is 5.50. The molecule has 2 heterocycles. The first-order chi connectivity index (χ1) is 9.69. The van der Waals surface area contributed by atoms with Crippen molar-refractivity contribution in [3.8, 4) is 0 Å². The van der Waals surface area contributed by atoms with E-state index in [-0.39, 0.29) is 11.3 Å². The highest BCUT2D eigenvalue weighted by atomic mass is 16.5. The van der Waals surface area contributed by atoms with Crippen LogP contribution in [0.15, 0.2) is 6.07 Å². The number of carbonyl (C=O) groups excluding carboxylic acids is 1. The molecule has 0 spiro atoms. The molecule has 6 nitrogen and oxygen atoms in total. The molecule has 1 aromatic heterocycles. The predicted molar refractivity (Wildman–Crippen MR) is 76.7 cm³/mol. The number of carbonyl (C=O) groups is 1. The number of piperidine rings is 1. The van der Waals surface area contributed by atoms with Crippen LogP contribution in [0.3, 0.4) is 0 Å². The van der Waals surface area contributed by atoms with Crippen molar-refractivity contribution in [1.82, 2.24) is 20.8 Å². The molecular formula is C14H24N4O2. The zero-order valence-electron chi connectivity index (χ0n) is 12.3. The lowest BCUT2D eigenvalue weighted by Gasteiger charge is -2.37. The van der Waals surface area contributed by atoms with Crippen molar-refractivity contribution in [3.63, 3.8) is 0 Å². The van der Waals surface area contributed by atoms with Gasteiger partial charge in [-0.2, -0.15) is 5.10 Å². The number of H-pyrrole nitrogens is 1. The van der Waals surface area contributed by atoms with E-state index in [9.17, 15) is 4.79 Å². The van der Waals surface area contributed by atoms with Gasteiger partial charge in [0.2, 0.25) is 0 Å². The number of nitrogens with zero attached hydrogens (tertiary/aromatic N) is 1. The Kier molecular flexibility index (Phi) is 5.14. The zero-order valence-corrected chi connectivity index (χ0v) is 12.3. The van der Waals surface area contributed by atoms with Gasteiger partial charge in [-0.05, 0) is 38.4 Å². The van der Waals surface area contributed by atoms with Gasteiger partial charge in [0.25, 0.3) is 5.91 Å². The highest BCUT2D eigenvalue weighted by Gasteiger charge is 2.32. The van der Waals surface area contributed by atoms with E-state index in [0.717, 1.165) is 38.0 Å². The number of rotatable bonds is 6. The molecule has 0 saturated carbocycles. The van der Waals surface area contributed by atoms with Crippen LogP contribution in [0.4, 0.5) is 0 Å². The van der Waals surface area contributed by atoms with E-state index in [1.165, 1.54) is 0 Å². The zero-order chi connectivity index (χ0) is 14.4. The molecule has 20 heavy (non-hydrogen) atoms. The number of aromatic nitrogens is 2. The Labute approximate surface area is 119 Å². The summed E-state index contributed by atoms with van der Waals surface area (Å²) in [6.07, 6.45) is 2.88. The van der Waals surface area contributed by atoms with Crippen LogP contribution in [0.25, 0.3) is 0 Å². The summed E-state index contributed by atoms with van der Waals surface area (Å²) >= 11 is 0. The number of amides is 1. The highest BCUT2D eigenvalue weighted by Crippen LogP contribution is 2.28. The van der Waals surface area contributed by atoms with Gasteiger partial charge in [0.1, 0.15) is 5.69 Å². The van der Waals surface area contributed by atoms with Gasteiger partial charge in [0, 0.05) is 24.8 Å². The first-order valence-electron chi connectivity index (χ1n) is 7.21. The highest BCUT2D eigenvalue weighted by molar-refractivity contribution is 5.92. The molecule has 112 valence electrons. The van der Waals surface area contributed by atoms with Crippen LogP contribution >= 0.6 is 0 Å². The molecule has 0 bridgehead atoms. The lowest BCUT2D eigenvalue weighted by molar-refractivity contribution is 0.0510. The van der Waals surface area contributed by atoms with Crippen molar-refractivity contribution in [2.75, 3.05) is 33.4 Å². The van der Waals surface area contributed by atoms with Gasteiger partial charge in [0.05, 0.1) is 6.61 Å². The molecule has 0 aliphatic carbocycles. The van der Waals surface area contributed by atoms with Crippen LogP contribution in [-0.2, 0) is 11.2 Å². The standard InChI is InChI=1S/C14H24N4O2/c1-3-11-8-12(18-17-11)13(19)16-9-14(10-20-2)4-6-15-7-5-14/h8,15H,3-7,9-10H2,1-2H3,(H,16,19)(H,17,18). The van der Waals surface area contributed by atoms with E-state index in [2.05, 4.69) is 20.8 Å². The fourth-order valence-corrected chi connectivity index (χ4v) is 2.65. The maximum absolute atomic E-state index is 12.1. The first kappa shape index (κ1) is 15.0. The monoisotopic (exact) mass is 280 g/mol. The quantitative estimate of drug-likeness (QED) is 0.717. The summed E-state index contributed by atoms with van der Waals surface area (Å²) in [6.45, 7) is 5.28. The van der Waals surface area contributed by atoms with E-state index in [4.69, 9.17) is 4.74 Å². The normalized spacial score (nSPS) is 17.9. The minimum Gasteiger partial charge on any atom is -0.384 e. The molecule has 1 aliphatic heterocycles. The summed E-state index contributed by atoms with van der Waals surface area (Å²) in [5, 5.41) is 13.2. The number of hydrogen-bond acceptors (Lipinski definition) is 4. The Bertz CT molecular complexity index is 433. The number of ether oxygens (including phenoxy) is 1. The summed E-state index contributed by atoms with van der Waals surface area (Å²) in [4.78, 5) is 12.1. The van der Waals surface area contributed by atoms with E-state index in [0.29, 0.717) is 18.8 Å². The fourth-order valence-electron chi connectivity index (χ4n) is 2.65. The van der Waals surface area contributed by atoms with Crippen LogP contribution in [0.5, 0.6) is 0 Å². The Balaban J connectivity index is 1.93. The van der Waals surface area contributed by atoms with Crippen molar-refractivity contribution < 1.29 is 9.53 Å². The van der Waals surface area contributed by atoms with Crippen LogP contribution < -0.4 is 10.6 Å². The molecule has 0 unspecified atom stereocenters. The van der Waals surface area contributed by atoms with Crippen molar-refractivity contribution in [3.05, 3.63) is 17.5 Å². The Morgan fingerprint density at radius 2 is 2.25 bits per heavy atom. The molecule has 6 heteroatoms. The molecule has 3 N–H and O–H groups in total. The number of hydrogen-bond donors (Lipinski definition) is 3. The Morgan fingerprint density at radius 3 is 2.85 bits per heavy atom. The van der Waals surface area contributed by atoms with Gasteiger partial charge in [-0.3, -0.25) is 9.89 Å². The molecule has 2 rings (SSSR count). The average Bonchev–Trinajstić information content (AvgIpc) is 2.95. The molecule has 1 saturated heterocycles. The molecule has 0 atom stereocenters. The van der Waals surface area contributed by atoms with Crippen LogP contribution in [0.2, 0.25) is 0 Å². The van der Waals surface area contributed by atoms with E-state index in [1.807, 2.05) is 6.92 Å². The van der Waals surface area contributed by atoms with Gasteiger partial charge < -0.3 is 15.4 Å². The van der Waals surface area contributed by atoms with Gasteiger partial charge >= 0.3 is 0 Å². The summed E-state index contributed by atoms with van der Waals surface area (Å²) in [5.74, 6) is -0.116. The summed E-state index contributed by atoms with van der Waals surface area (Å²) in [6, 6.07) is 1.81. The average molecular weight is 280 g/mol. The summed E-state index contributed by atoms with van der Waals surface area (Å²) < 4.78 is 5.34. The second kappa shape index (κ2) is 6.85. The SMILES string of the molecule is CCc1cc(C(=O)NCC2(COC)CCNCC2)n[nH]1. The lowest BCUT2D eigenvalue weighted by Crippen LogP contribution is -2.47. The van der Waals surface area contributed by atoms with Crippen LogP contribution in [0, 0.1) is 5.41 Å². The van der Waals surface area contributed by atoms with Crippen LogP contribution in [0.1, 0.15) is 35.9 Å². The van der Waals surface area contributed by atoms with Gasteiger partial charge in [-0.25, -0.2) is 0 Å². The minimum absolute atomic E-state index is 0.0412. The molecule has 1 fully saturated rings. The van der Waals surface area contributed by atoms with Crippen molar-refractivity contribution in [2.45, 2.75) is 26.2 Å². The second-order valence-corrected chi connectivity index (χ2v) is 5.50. The number of aromatic amines is 1.